The van der Waals surface area contributed by atoms with Crippen molar-refractivity contribution in [3.05, 3.63) is 68.7 Å². The van der Waals surface area contributed by atoms with Crippen LogP contribution in [0.25, 0.3) is 0 Å². The van der Waals surface area contributed by atoms with Crippen molar-refractivity contribution in [1.29, 1.82) is 0 Å². The minimum Gasteiger partial charge on any atom is -0.320 e. The molecule has 3 heteroatoms. The van der Waals surface area contributed by atoms with E-state index in [2.05, 4.69) is 6.92 Å². The van der Waals surface area contributed by atoms with Crippen molar-refractivity contribution in [2.45, 2.75) is 19.9 Å². The molecular weight excluding hydrogens is 265 g/mol. The lowest BCUT2D eigenvalue weighted by Gasteiger charge is -2.17. The summed E-state index contributed by atoms with van der Waals surface area (Å²) < 4.78 is 0. The van der Waals surface area contributed by atoms with Crippen molar-refractivity contribution in [1.82, 2.24) is 0 Å². The Morgan fingerprint density at radius 2 is 1.50 bits per heavy atom. The van der Waals surface area contributed by atoms with E-state index in [1.807, 2.05) is 43.3 Å². The van der Waals surface area contributed by atoms with Crippen molar-refractivity contribution < 1.29 is 0 Å². The number of nitrogens with two attached hydrogens (primary N) is 1. The highest BCUT2D eigenvalue weighted by atomic mass is 35.5. The molecule has 0 heterocycles. The van der Waals surface area contributed by atoms with Gasteiger partial charge in [0.15, 0.2) is 0 Å². The fourth-order valence-corrected chi connectivity index (χ4v) is 2.53. The van der Waals surface area contributed by atoms with Crippen LogP contribution in [0.1, 0.15) is 28.3 Å². The summed E-state index contributed by atoms with van der Waals surface area (Å²) in [5.74, 6) is 0. The molecule has 2 aromatic carbocycles. The minimum atomic E-state index is -0.300. The molecular formula is C15H15Cl2N. The quantitative estimate of drug-likeness (QED) is 0.850. The van der Waals surface area contributed by atoms with Gasteiger partial charge in [-0.2, -0.15) is 0 Å². The van der Waals surface area contributed by atoms with Crippen LogP contribution in [0.3, 0.4) is 0 Å². The molecule has 2 rings (SSSR count). The second-order valence-electron chi connectivity index (χ2n) is 4.46. The predicted octanol–water partition coefficient (Wildman–Crippen LogP) is 4.66. The summed E-state index contributed by atoms with van der Waals surface area (Å²) in [6.07, 6.45) is 0. The highest BCUT2D eigenvalue weighted by Gasteiger charge is 2.15. The average Bonchev–Trinajstić information content (AvgIpc) is 2.33. The lowest BCUT2D eigenvalue weighted by Crippen LogP contribution is -2.13. The molecule has 0 aliphatic carbocycles. The first-order valence-corrected chi connectivity index (χ1v) is 6.53. The number of rotatable bonds is 2. The van der Waals surface area contributed by atoms with Crippen molar-refractivity contribution in [2.24, 2.45) is 5.73 Å². The summed E-state index contributed by atoms with van der Waals surface area (Å²) >= 11 is 12.4. The third-order valence-electron chi connectivity index (χ3n) is 3.19. The van der Waals surface area contributed by atoms with Crippen LogP contribution in [0.5, 0.6) is 0 Å². The van der Waals surface area contributed by atoms with E-state index in [1.54, 1.807) is 0 Å². The van der Waals surface area contributed by atoms with Gasteiger partial charge in [0.2, 0.25) is 0 Å². The summed E-state index contributed by atoms with van der Waals surface area (Å²) in [5, 5.41) is 1.35. The molecule has 0 aromatic heterocycles. The van der Waals surface area contributed by atoms with Crippen LogP contribution in [0, 0.1) is 13.8 Å². The van der Waals surface area contributed by atoms with Crippen LogP contribution in [0.15, 0.2) is 36.4 Å². The Morgan fingerprint density at radius 3 is 2.17 bits per heavy atom. The van der Waals surface area contributed by atoms with Gasteiger partial charge in [-0.05, 0) is 48.2 Å². The molecule has 94 valence electrons. The van der Waals surface area contributed by atoms with Gasteiger partial charge in [-0.25, -0.2) is 0 Å². The summed E-state index contributed by atoms with van der Waals surface area (Å²) in [5.41, 5.74) is 10.4. The molecule has 0 fully saturated rings. The lowest BCUT2D eigenvalue weighted by atomic mass is 9.96. The largest absolute Gasteiger partial charge is 0.320 e. The molecule has 0 aliphatic rings. The Balaban J connectivity index is 2.50. The zero-order valence-electron chi connectivity index (χ0n) is 10.4. The maximum absolute atomic E-state index is 6.28. The van der Waals surface area contributed by atoms with Gasteiger partial charge in [-0.15, -0.1) is 0 Å². The van der Waals surface area contributed by atoms with Crippen LogP contribution >= 0.6 is 23.2 Å². The molecule has 0 spiro atoms. The minimum absolute atomic E-state index is 0.300. The normalized spacial score (nSPS) is 12.5. The summed E-state index contributed by atoms with van der Waals surface area (Å²) in [4.78, 5) is 0. The molecule has 2 N–H and O–H groups in total. The first-order valence-electron chi connectivity index (χ1n) is 5.77. The number of halogens is 2. The van der Waals surface area contributed by atoms with E-state index in [-0.39, 0.29) is 6.04 Å². The smallest absolute Gasteiger partial charge is 0.0581 e. The van der Waals surface area contributed by atoms with Gasteiger partial charge < -0.3 is 5.73 Å². The first-order chi connectivity index (χ1) is 8.50. The zero-order valence-corrected chi connectivity index (χ0v) is 11.9. The van der Waals surface area contributed by atoms with Gasteiger partial charge in [0, 0.05) is 10.0 Å². The van der Waals surface area contributed by atoms with Crippen LogP contribution in [0.2, 0.25) is 10.0 Å². The first kappa shape index (κ1) is 13.4. The highest BCUT2D eigenvalue weighted by Crippen LogP contribution is 2.32. The fraction of sp³-hybridized carbons (Fsp3) is 0.200. The number of hydrogen-bond donors (Lipinski definition) is 1. The van der Waals surface area contributed by atoms with Gasteiger partial charge in [0.25, 0.3) is 0 Å². The maximum atomic E-state index is 6.28. The monoisotopic (exact) mass is 279 g/mol. The topological polar surface area (TPSA) is 26.0 Å². The molecule has 1 atom stereocenters. The predicted molar refractivity (Wildman–Crippen MR) is 78.4 cm³/mol. The molecule has 0 saturated heterocycles. The molecule has 0 bridgehead atoms. The van der Waals surface area contributed by atoms with Crippen LogP contribution in [-0.2, 0) is 0 Å². The van der Waals surface area contributed by atoms with E-state index in [0.29, 0.717) is 10.0 Å². The maximum Gasteiger partial charge on any atom is 0.0581 e. The van der Waals surface area contributed by atoms with Crippen molar-refractivity contribution in [3.63, 3.8) is 0 Å². The van der Waals surface area contributed by atoms with Crippen molar-refractivity contribution in [3.8, 4) is 0 Å². The number of aryl methyl sites for hydroxylation is 2. The Kier molecular flexibility index (Phi) is 3.96. The molecule has 1 unspecified atom stereocenters. The molecule has 2 aromatic rings. The van der Waals surface area contributed by atoms with E-state index in [1.165, 1.54) is 5.56 Å². The SMILES string of the molecule is Cc1cc(Cl)c(C(N)c2ccccc2Cl)cc1C. The summed E-state index contributed by atoms with van der Waals surface area (Å²) in [6.45, 7) is 4.08. The molecule has 0 saturated carbocycles. The average molecular weight is 280 g/mol. The summed E-state index contributed by atoms with van der Waals surface area (Å²) in [6, 6.07) is 11.3. The summed E-state index contributed by atoms with van der Waals surface area (Å²) in [7, 11) is 0. The van der Waals surface area contributed by atoms with Crippen LogP contribution in [-0.4, -0.2) is 0 Å². The van der Waals surface area contributed by atoms with Gasteiger partial charge in [-0.3, -0.25) is 0 Å². The Bertz CT molecular complexity index is 579. The van der Waals surface area contributed by atoms with Crippen LogP contribution in [0.4, 0.5) is 0 Å². The second kappa shape index (κ2) is 5.31. The van der Waals surface area contributed by atoms with Crippen molar-refractivity contribution >= 4 is 23.2 Å². The number of hydrogen-bond acceptors (Lipinski definition) is 1. The molecule has 1 nitrogen and oxygen atoms in total. The molecule has 18 heavy (non-hydrogen) atoms. The van der Waals surface area contributed by atoms with E-state index >= 15 is 0 Å². The number of benzene rings is 2. The van der Waals surface area contributed by atoms with Crippen molar-refractivity contribution in [2.75, 3.05) is 0 Å². The Hall–Kier alpha value is -1.02. The molecule has 0 radical (unpaired) electrons. The Morgan fingerprint density at radius 1 is 0.889 bits per heavy atom. The zero-order chi connectivity index (χ0) is 13.3. The fourth-order valence-electron chi connectivity index (χ4n) is 1.94. The van der Waals surface area contributed by atoms with E-state index in [4.69, 9.17) is 28.9 Å². The third kappa shape index (κ3) is 2.54. The van der Waals surface area contributed by atoms with Gasteiger partial charge in [0.05, 0.1) is 6.04 Å². The second-order valence-corrected chi connectivity index (χ2v) is 5.27. The highest BCUT2D eigenvalue weighted by molar-refractivity contribution is 6.32. The van der Waals surface area contributed by atoms with Gasteiger partial charge in [0.1, 0.15) is 0 Å². The van der Waals surface area contributed by atoms with Gasteiger partial charge in [-0.1, -0.05) is 47.5 Å². The van der Waals surface area contributed by atoms with E-state index < -0.39 is 0 Å². The molecule has 0 amide bonds. The Labute approximate surface area is 118 Å². The standard InChI is InChI=1S/C15H15Cl2N/c1-9-7-12(14(17)8-10(9)2)15(18)11-5-3-4-6-13(11)16/h3-8,15H,18H2,1-2H3. The third-order valence-corrected chi connectivity index (χ3v) is 3.86. The van der Waals surface area contributed by atoms with Gasteiger partial charge >= 0.3 is 0 Å². The molecule has 0 aliphatic heterocycles. The van der Waals surface area contributed by atoms with E-state index in [0.717, 1.165) is 16.7 Å². The lowest BCUT2D eigenvalue weighted by molar-refractivity contribution is 0.869. The van der Waals surface area contributed by atoms with Crippen LogP contribution < -0.4 is 5.73 Å². The van der Waals surface area contributed by atoms with E-state index in [9.17, 15) is 0 Å².